The first kappa shape index (κ1) is 27.8. The van der Waals surface area contributed by atoms with Crippen molar-refractivity contribution in [3.8, 4) is 0 Å². The zero-order valence-electron chi connectivity index (χ0n) is 19.9. The molecule has 2 aromatic rings. The summed E-state index contributed by atoms with van der Waals surface area (Å²) in [6, 6.07) is 0. The highest BCUT2D eigenvalue weighted by Crippen LogP contribution is 2.37. The molecule has 3 rings (SSSR count). The predicted octanol–water partition coefficient (Wildman–Crippen LogP) is 0.916. The topological polar surface area (TPSA) is 164 Å². The first-order valence-corrected chi connectivity index (χ1v) is 10.9. The number of nitrogens with one attached hydrogen (secondary N) is 2. The number of H-pyrrole nitrogens is 1. The zero-order valence-corrected chi connectivity index (χ0v) is 19.9. The summed E-state index contributed by atoms with van der Waals surface area (Å²) in [6.45, 7) is 2.65. The van der Waals surface area contributed by atoms with Crippen LogP contribution in [0.15, 0.2) is 9.59 Å². The van der Waals surface area contributed by atoms with E-state index < -0.39 is 89.6 Å². The van der Waals surface area contributed by atoms with Gasteiger partial charge in [-0.25, -0.2) is 13.8 Å². The highest BCUT2D eigenvalue weighted by Gasteiger charge is 2.53. The van der Waals surface area contributed by atoms with E-state index in [-0.39, 0.29) is 11.0 Å². The molecule has 3 heterocycles. The van der Waals surface area contributed by atoms with Crippen LogP contribution in [-0.2, 0) is 35.1 Å². The number of aromatic nitrogens is 4. The molecule has 13 nitrogen and oxygen atoms in total. The van der Waals surface area contributed by atoms with Crippen molar-refractivity contribution in [1.82, 2.24) is 19.1 Å². The third kappa shape index (κ3) is 5.81. The van der Waals surface area contributed by atoms with E-state index in [0.717, 1.165) is 20.8 Å². The van der Waals surface area contributed by atoms with Gasteiger partial charge in [0.25, 0.3) is 5.56 Å². The number of hydrogen-bond acceptors (Lipinski definition) is 9. The normalized spacial score (nSPS) is 22.6. The molecule has 0 bridgehead atoms. The number of nitrogens with zero attached hydrogens (tertiary/aromatic N) is 3. The molecule has 0 aromatic carbocycles. The fourth-order valence-corrected chi connectivity index (χ4v) is 4.03. The SMILES string of the molecule is CC[C@H](OC(C)=O)[C@H]1O[C@@H](n2c(=O)n(CC(F)(F)F)c3c(=O)[nH]c(NC(C)=O)nc32)[C@H](OC(C)=O)[C@H]1F. The third-order valence-electron chi connectivity index (χ3n) is 5.29. The molecule has 1 aliphatic heterocycles. The Morgan fingerprint density at radius 2 is 1.84 bits per heavy atom. The lowest BCUT2D eigenvalue weighted by Crippen LogP contribution is -2.40. The van der Waals surface area contributed by atoms with Crippen molar-refractivity contribution < 1.29 is 46.2 Å². The van der Waals surface area contributed by atoms with Gasteiger partial charge in [-0.3, -0.25) is 34.0 Å². The Bertz CT molecular complexity index is 1330. The van der Waals surface area contributed by atoms with Crippen LogP contribution in [0.3, 0.4) is 0 Å². The molecule has 1 saturated heterocycles. The van der Waals surface area contributed by atoms with Crippen LogP contribution in [0.4, 0.5) is 23.5 Å². The van der Waals surface area contributed by atoms with Crippen molar-refractivity contribution >= 4 is 35.0 Å². The van der Waals surface area contributed by atoms with Crippen molar-refractivity contribution in [3.63, 3.8) is 0 Å². The summed E-state index contributed by atoms with van der Waals surface area (Å²) in [6.07, 6.45) is -13.8. The van der Waals surface area contributed by atoms with Crippen LogP contribution >= 0.6 is 0 Å². The predicted molar refractivity (Wildman–Crippen MR) is 115 cm³/mol. The molecular weight excluding hydrogens is 514 g/mol. The van der Waals surface area contributed by atoms with E-state index in [1.165, 1.54) is 6.92 Å². The second kappa shape index (κ2) is 10.3. The second-order valence-electron chi connectivity index (χ2n) is 8.19. The van der Waals surface area contributed by atoms with Gasteiger partial charge in [0.1, 0.15) is 18.8 Å². The summed E-state index contributed by atoms with van der Waals surface area (Å²) >= 11 is 0. The van der Waals surface area contributed by atoms with Crippen LogP contribution in [0.25, 0.3) is 11.2 Å². The molecule has 0 spiro atoms. The quantitative estimate of drug-likeness (QED) is 0.386. The number of imidazole rings is 1. The van der Waals surface area contributed by atoms with Crippen LogP contribution in [0.2, 0.25) is 0 Å². The Kier molecular flexibility index (Phi) is 7.75. The Hall–Kier alpha value is -3.76. The minimum absolute atomic E-state index is 0.0273. The zero-order chi connectivity index (χ0) is 27.8. The molecule has 1 fully saturated rings. The minimum Gasteiger partial charge on any atom is -0.460 e. The number of rotatable bonds is 7. The highest BCUT2D eigenvalue weighted by atomic mass is 19.4. The Morgan fingerprint density at radius 1 is 1.19 bits per heavy atom. The van der Waals surface area contributed by atoms with E-state index in [9.17, 15) is 37.1 Å². The summed E-state index contributed by atoms with van der Waals surface area (Å²) in [7, 11) is 0. The van der Waals surface area contributed by atoms with Crippen molar-refractivity contribution in [3.05, 3.63) is 20.8 Å². The van der Waals surface area contributed by atoms with E-state index >= 15 is 4.39 Å². The van der Waals surface area contributed by atoms with E-state index in [1.54, 1.807) is 0 Å². The number of halogens is 4. The van der Waals surface area contributed by atoms with Gasteiger partial charge in [-0.15, -0.1) is 0 Å². The Morgan fingerprint density at radius 3 is 2.35 bits per heavy atom. The van der Waals surface area contributed by atoms with Crippen LogP contribution < -0.4 is 16.6 Å². The first-order valence-electron chi connectivity index (χ1n) is 10.9. The van der Waals surface area contributed by atoms with Crippen LogP contribution in [0, 0.1) is 0 Å². The van der Waals surface area contributed by atoms with Crippen molar-refractivity contribution in [2.45, 2.75) is 77.5 Å². The fourth-order valence-electron chi connectivity index (χ4n) is 4.03. The molecule has 5 atom stereocenters. The summed E-state index contributed by atoms with van der Waals surface area (Å²) in [5.41, 5.74) is -4.28. The third-order valence-corrected chi connectivity index (χ3v) is 5.29. The molecule has 0 unspecified atom stereocenters. The van der Waals surface area contributed by atoms with Crippen LogP contribution in [0.5, 0.6) is 0 Å². The number of ether oxygens (including phenoxy) is 3. The maximum absolute atomic E-state index is 15.5. The molecule has 2 aromatic heterocycles. The number of hydrogen-bond donors (Lipinski definition) is 2. The van der Waals surface area contributed by atoms with E-state index in [2.05, 4.69) is 15.3 Å². The molecule has 2 N–H and O–H groups in total. The maximum atomic E-state index is 15.5. The molecule has 1 amide bonds. The monoisotopic (exact) mass is 537 g/mol. The first-order chi connectivity index (χ1) is 17.1. The Labute approximate surface area is 204 Å². The molecule has 37 heavy (non-hydrogen) atoms. The van der Waals surface area contributed by atoms with Gasteiger partial charge in [-0.1, -0.05) is 6.92 Å². The second-order valence-corrected chi connectivity index (χ2v) is 8.19. The molecule has 204 valence electrons. The number of aromatic amines is 1. The minimum atomic E-state index is -4.97. The molecule has 0 saturated carbocycles. The lowest BCUT2D eigenvalue weighted by molar-refractivity contribution is -0.159. The van der Waals surface area contributed by atoms with Gasteiger partial charge in [-0.05, 0) is 6.42 Å². The number of carbonyl (C=O) groups excluding carboxylic acids is 3. The van der Waals surface area contributed by atoms with E-state index in [1.807, 2.05) is 0 Å². The van der Waals surface area contributed by atoms with Gasteiger partial charge < -0.3 is 14.2 Å². The van der Waals surface area contributed by atoms with Crippen molar-refractivity contribution in [1.29, 1.82) is 0 Å². The smallest absolute Gasteiger partial charge is 0.406 e. The van der Waals surface area contributed by atoms with E-state index in [4.69, 9.17) is 14.2 Å². The number of amides is 1. The number of esters is 2. The average Bonchev–Trinajstić information content (AvgIpc) is 3.18. The largest absolute Gasteiger partial charge is 0.460 e. The average molecular weight is 537 g/mol. The van der Waals surface area contributed by atoms with Crippen molar-refractivity contribution in [2.75, 3.05) is 5.32 Å². The number of fused-ring (bicyclic) bond motifs is 1. The highest BCUT2D eigenvalue weighted by molar-refractivity contribution is 5.87. The number of alkyl halides is 4. The number of anilines is 1. The van der Waals surface area contributed by atoms with Crippen LogP contribution in [0.1, 0.15) is 40.3 Å². The summed E-state index contributed by atoms with van der Waals surface area (Å²) in [5, 5.41) is 2.13. The molecule has 0 radical (unpaired) electrons. The summed E-state index contributed by atoms with van der Waals surface area (Å²) in [4.78, 5) is 66.5. The van der Waals surface area contributed by atoms with Gasteiger partial charge in [-0.2, -0.15) is 18.2 Å². The van der Waals surface area contributed by atoms with Gasteiger partial charge >= 0.3 is 23.8 Å². The number of carbonyl (C=O) groups is 3. The fraction of sp³-hybridized carbons (Fsp3) is 0.600. The molecule has 0 aliphatic carbocycles. The summed E-state index contributed by atoms with van der Waals surface area (Å²) < 4.78 is 71.6. The van der Waals surface area contributed by atoms with Gasteiger partial charge in [0.05, 0.1) is 0 Å². The Balaban J connectivity index is 2.28. The molecule has 1 aliphatic rings. The van der Waals surface area contributed by atoms with Crippen LogP contribution in [-0.4, -0.2) is 67.6 Å². The standard InChI is InChI=1S/C20H23F4N5O8/c1-5-10(35-8(3)31)13-11(21)14(36-9(4)32)17(37-13)29-15-12(28(19(29)34)6-20(22,23)24)16(33)27-18(26-15)25-7(2)30/h10-11,13-14,17H,5-6H2,1-4H3,(H2,25,26,27,30,33)/t10-,11-,13+,14+,17+/m0/s1. The van der Waals surface area contributed by atoms with Gasteiger partial charge in [0.15, 0.2) is 29.7 Å². The molecule has 17 heteroatoms. The lowest BCUT2D eigenvalue weighted by atomic mass is 10.0. The van der Waals surface area contributed by atoms with Gasteiger partial charge in [0, 0.05) is 20.8 Å². The summed E-state index contributed by atoms with van der Waals surface area (Å²) in [5.74, 6) is -3.04. The molecular formula is C20H23F4N5O8. The van der Waals surface area contributed by atoms with E-state index in [0.29, 0.717) is 4.57 Å². The lowest BCUT2D eigenvalue weighted by Gasteiger charge is -2.23. The van der Waals surface area contributed by atoms with Gasteiger partial charge in [0.2, 0.25) is 11.9 Å². The van der Waals surface area contributed by atoms with Crippen molar-refractivity contribution in [2.24, 2.45) is 0 Å². The maximum Gasteiger partial charge on any atom is 0.406 e.